The largest absolute Gasteiger partial charge is 0.481 e. The highest BCUT2D eigenvalue weighted by atomic mass is 32.2. The van der Waals surface area contributed by atoms with E-state index < -0.39 is 35.2 Å². The number of hydrogen-bond donors (Lipinski definition) is 2. The lowest BCUT2D eigenvalue weighted by atomic mass is 10.1. The number of carbonyl (C=O) groups is 3. The van der Waals surface area contributed by atoms with Gasteiger partial charge in [-0.2, -0.15) is 0 Å². The quantitative estimate of drug-likeness (QED) is 0.271. The van der Waals surface area contributed by atoms with Crippen molar-refractivity contribution in [2.24, 2.45) is 0 Å². The Kier molecular flexibility index (Phi) is 6.22. The van der Waals surface area contributed by atoms with Crippen LogP contribution in [0.15, 0.2) is 39.7 Å². The molecule has 12 heteroatoms. The van der Waals surface area contributed by atoms with Gasteiger partial charge in [-0.15, -0.1) is 0 Å². The first kappa shape index (κ1) is 22.2. The van der Waals surface area contributed by atoms with E-state index in [0.29, 0.717) is 16.9 Å². The number of hydrogen-bond acceptors (Lipinski definition) is 8. The minimum atomic E-state index is -1.63. The van der Waals surface area contributed by atoms with Crippen molar-refractivity contribution >= 4 is 57.9 Å². The topological polar surface area (TPSA) is 151 Å². The van der Waals surface area contributed by atoms with Crippen LogP contribution in [0.5, 0.6) is 0 Å². The van der Waals surface area contributed by atoms with E-state index >= 15 is 0 Å². The number of amides is 1. The number of thioether (sulfide) groups is 1. The fraction of sp³-hybridized carbons (Fsp3) is 0.158. The van der Waals surface area contributed by atoms with Crippen LogP contribution < -0.4 is 0 Å². The molecule has 160 valence electrons. The molecular formula is C19H14N2O8S2. The van der Waals surface area contributed by atoms with Gasteiger partial charge < -0.3 is 14.6 Å². The average molecular weight is 462 g/mol. The predicted molar refractivity (Wildman–Crippen MR) is 114 cm³/mol. The van der Waals surface area contributed by atoms with Crippen LogP contribution in [0, 0.1) is 17.0 Å². The van der Waals surface area contributed by atoms with Crippen molar-refractivity contribution in [1.29, 1.82) is 0 Å². The molecule has 2 N–H and O–H groups in total. The molecule has 1 aliphatic rings. The third kappa shape index (κ3) is 4.64. The molecule has 2 heterocycles. The van der Waals surface area contributed by atoms with Gasteiger partial charge in [0.2, 0.25) is 0 Å². The van der Waals surface area contributed by atoms with E-state index in [4.69, 9.17) is 21.7 Å². The Morgan fingerprint density at radius 2 is 2.03 bits per heavy atom. The second-order valence-corrected chi connectivity index (χ2v) is 8.14. The normalized spacial score (nSPS) is 16.0. The molecule has 1 atom stereocenters. The smallest absolute Gasteiger partial charge is 0.327 e. The van der Waals surface area contributed by atoms with Crippen molar-refractivity contribution in [3.8, 4) is 11.3 Å². The molecule has 0 saturated carbocycles. The number of nitro groups is 1. The molecule has 0 spiro atoms. The Hall–Kier alpha value is -3.51. The number of nitro benzene ring substituents is 1. The Morgan fingerprint density at radius 3 is 2.65 bits per heavy atom. The first-order valence-corrected chi connectivity index (χ1v) is 9.88. The molecule has 1 fully saturated rings. The summed E-state index contributed by atoms with van der Waals surface area (Å²) in [5.41, 5.74) is 0.907. The summed E-state index contributed by atoms with van der Waals surface area (Å²) in [5, 5.41) is 29.4. The monoisotopic (exact) mass is 462 g/mol. The highest BCUT2D eigenvalue weighted by Gasteiger charge is 2.41. The summed E-state index contributed by atoms with van der Waals surface area (Å²) >= 11 is 5.89. The molecule has 31 heavy (non-hydrogen) atoms. The maximum Gasteiger partial charge on any atom is 0.327 e. The predicted octanol–water partition coefficient (Wildman–Crippen LogP) is 3.29. The maximum atomic E-state index is 12.7. The number of aryl methyl sites for hydroxylation is 1. The Balaban J connectivity index is 1.88. The van der Waals surface area contributed by atoms with E-state index in [9.17, 15) is 29.6 Å². The number of rotatable bonds is 7. The summed E-state index contributed by atoms with van der Waals surface area (Å²) in [6.45, 7) is 1.62. The van der Waals surface area contributed by atoms with Crippen molar-refractivity contribution in [1.82, 2.24) is 4.90 Å². The molecule has 10 nitrogen and oxygen atoms in total. The number of carbonyl (C=O) groups excluding carboxylic acids is 1. The third-order valence-corrected chi connectivity index (χ3v) is 5.71. The van der Waals surface area contributed by atoms with Gasteiger partial charge in [-0.25, -0.2) is 4.79 Å². The van der Waals surface area contributed by atoms with Gasteiger partial charge in [-0.1, -0.05) is 36.1 Å². The van der Waals surface area contributed by atoms with Crippen molar-refractivity contribution in [2.75, 3.05) is 0 Å². The third-order valence-electron chi connectivity index (χ3n) is 4.38. The minimum absolute atomic E-state index is 0.0607. The van der Waals surface area contributed by atoms with Crippen molar-refractivity contribution in [3.63, 3.8) is 0 Å². The minimum Gasteiger partial charge on any atom is -0.481 e. The van der Waals surface area contributed by atoms with Crippen LogP contribution in [-0.2, 0) is 14.4 Å². The summed E-state index contributed by atoms with van der Waals surface area (Å²) in [7, 11) is 0. The highest BCUT2D eigenvalue weighted by Crippen LogP contribution is 2.36. The standard InChI is InChI=1S/C19H14N2O8S2/c1-9-2-3-10(6-12(9)21(27)28)14-5-4-11(29-14)7-15-17(24)20(19(30)31-15)13(18(25)26)8-16(22)23/h2-7,13H,8H2,1H3,(H,22,23)(H,25,26)/b15-7-/t13-/m0/s1. The number of furan rings is 1. The van der Waals surface area contributed by atoms with Crippen molar-refractivity contribution in [3.05, 3.63) is 56.7 Å². The number of nitrogens with zero attached hydrogens (tertiary/aromatic N) is 2. The van der Waals surface area contributed by atoms with E-state index in [-0.39, 0.29) is 20.7 Å². The van der Waals surface area contributed by atoms with Gasteiger partial charge in [0.15, 0.2) is 0 Å². The number of carboxylic acids is 2. The van der Waals surface area contributed by atoms with Gasteiger partial charge in [0.25, 0.3) is 11.6 Å². The van der Waals surface area contributed by atoms with Gasteiger partial charge >= 0.3 is 11.9 Å². The zero-order valence-corrected chi connectivity index (χ0v) is 17.4. The van der Waals surface area contributed by atoms with Crippen molar-refractivity contribution < 1.29 is 33.9 Å². The number of carboxylic acid groups (broad SMARTS) is 2. The van der Waals surface area contributed by atoms with Crippen LogP contribution in [0.1, 0.15) is 17.7 Å². The van der Waals surface area contributed by atoms with E-state index in [1.165, 1.54) is 12.1 Å². The summed E-state index contributed by atoms with van der Waals surface area (Å²) in [6, 6.07) is 6.12. The molecule has 0 unspecified atom stereocenters. The lowest BCUT2D eigenvalue weighted by Gasteiger charge is -2.21. The number of aliphatic carboxylic acids is 2. The molecule has 1 saturated heterocycles. The van der Waals surface area contributed by atoms with Crippen LogP contribution in [-0.4, -0.2) is 48.2 Å². The summed E-state index contributed by atoms with van der Waals surface area (Å²) in [5.74, 6) is -3.04. The van der Waals surface area contributed by atoms with Crippen LogP contribution in [0.3, 0.4) is 0 Å². The van der Waals surface area contributed by atoms with Gasteiger partial charge in [0, 0.05) is 23.3 Å². The highest BCUT2D eigenvalue weighted by molar-refractivity contribution is 8.26. The first-order chi connectivity index (χ1) is 14.6. The molecule has 2 aromatic rings. The lowest BCUT2D eigenvalue weighted by molar-refractivity contribution is -0.385. The van der Waals surface area contributed by atoms with E-state index in [1.807, 2.05) is 0 Å². The van der Waals surface area contributed by atoms with E-state index in [1.54, 1.807) is 31.2 Å². The Bertz CT molecular complexity index is 1150. The number of benzene rings is 1. The zero-order chi connectivity index (χ0) is 22.9. The zero-order valence-electron chi connectivity index (χ0n) is 15.8. The van der Waals surface area contributed by atoms with Gasteiger partial charge in [0.05, 0.1) is 16.2 Å². The van der Waals surface area contributed by atoms with E-state index in [0.717, 1.165) is 16.7 Å². The fourth-order valence-electron chi connectivity index (χ4n) is 2.88. The average Bonchev–Trinajstić information content (AvgIpc) is 3.25. The van der Waals surface area contributed by atoms with Gasteiger partial charge in [-0.3, -0.25) is 24.6 Å². The Morgan fingerprint density at radius 1 is 1.32 bits per heavy atom. The van der Waals surface area contributed by atoms with Crippen LogP contribution in [0.4, 0.5) is 5.69 Å². The van der Waals surface area contributed by atoms with Crippen LogP contribution >= 0.6 is 24.0 Å². The molecular weight excluding hydrogens is 448 g/mol. The van der Waals surface area contributed by atoms with Gasteiger partial charge in [-0.05, 0) is 19.1 Å². The second-order valence-electron chi connectivity index (χ2n) is 6.46. The molecule has 0 bridgehead atoms. The fourth-order valence-corrected chi connectivity index (χ4v) is 4.21. The summed E-state index contributed by atoms with van der Waals surface area (Å²) < 4.78 is 5.58. The van der Waals surface area contributed by atoms with Crippen molar-refractivity contribution in [2.45, 2.75) is 19.4 Å². The van der Waals surface area contributed by atoms with Gasteiger partial charge in [0.1, 0.15) is 21.9 Å². The molecule has 0 aliphatic carbocycles. The Labute approximate surface area is 184 Å². The SMILES string of the molecule is Cc1ccc(-c2ccc(/C=C3\SC(=S)N([C@@H](CC(=O)O)C(=O)O)C3=O)o2)cc1[N+](=O)[O-]. The number of thiocarbonyl (C=S) groups is 1. The molecule has 0 radical (unpaired) electrons. The lowest BCUT2D eigenvalue weighted by Crippen LogP contribution is -2.45. The first-order valence-electron chi connectivity index (χ1n) is 8.65. The van der Waals surface area contributed by atoms with E-state index in [2.05, 4.69) is 0 Å². The molecule has 1 aliphatic heterocycles. The molecule has 1 aromatic carbocycles. The maximum absolute atomic E-state index is 12.7. The summed E-state index contributed by atoms with van der Waals surface area (Å²) in [6.07, 6.45) is 0.553. The second kappa shape index (κ2) is 8.70. The molecule has 1 amide bonds. The van der Waals surface area contributed by atoms with Crippen LogP contribution in [0.25, 0.3) is 17.4 Å². The molecule has 1 aromatic heterocycles. The molecule has 3 rings (SSSR count). The van der Waals surface area contributed by atoms with Crippen LogP contribution in [0.2, 0.25) is 0 Å². The summed E-state index contributed by atoms with van der Waals surface area (Å²) in [4.78, 5) is 46.5.